The average Bonchev–Trinajstić information content (AvgIpc) is 2.49. The summed E-state index contributed by atoms with van der Waals surface area (Å²) in [6, 6.07) is 7.03. The molecule has 0 aliphatic rings. The maximum Gasteiger partial charge on any atom is 0.169 e. The molecule has 2 nitrogen and oxygen atoms in total. The lowest BCUT2D eigenvalue weighted by Gasteiger charge is -1.90. The van der Waals surface area contributed by atoms with Gasteiger partial charge in [-0.25, -0.2) is 0 Å². The van der Waals surface area contributed by atoms with Crippen molar-refractivity contribution in [3.05, 3.63) is 29.1 Å². The molecular weight excluding hydrogens is 184 g/mol. The highest BCUT2D eigenvalue weighted by Gasteiger charge is 2.07. The first-order valence-corrected chi connectivity index (χ1v) is 4.72. The summed E-state index contributed by atoms with van der Waals surface area (Å²) in [7, 11) is 0. The Morgan fingerprint density at radius 3 is 2.85 bits per heavy atom. The molecule has 2 rings (SSSR count). The lowest BCUT2D eigenvalue weighted by molar-refractivity contribution is 0.102. The van der Waals surface area contributed by atoms with Gasteiger partial charge in [-0.05, 0) is 25.1 Å². The molecule has 0 saturated heterocycles. The van der Waals surface area contributed by atoms with Gasteiger partial charge in [-0.1, -0.05) is 6.07 Å². The molecule has 2 aromatic rings. The SMILES string of the molecule is CC(=O)c1cc2c(O)cccc2s1. The van der Waals surface area contributed by atoms with Crippen LogP contribution in [0.5, 0.6) is 5.75 Å². The minimum atomic E-state index is 0.0422. The molecule has 3 heteroatoms. The molecule has 0 radical (unpaired) electrons. The van der Waals surface area contributed by atoms with E-state index in [1.54, 1.807) is 18.2 Å². The molecule has 0 aliphatic heterocycles. The molecule has 66 valence electrons. The molecule has 0 fully saturated rings. The summed E-state index contributed by atoms with van der Waals surface area (Å²) in [5.74, 6) is 0.279. The van der Waals surface area contributed by atoms with Crippen molar-refractivity contribution in [1.82, 2.24) is 0 Å². The highest BCUT2D eigenvalue weighted by Crippen LogP contribution is 2.31. The number of thiophene rings is 1. The second-order valence-corrected chi connectivity index (χ2v) is 3.94. The van der Waals surface area contributed by atoms with Gasteiger partial charge in [0.2, 0.25) is 0 Å². The van der Waals surface area contributed by atoms with Gasteiger partial charge in [-0.2, -0.15) is 0 Å². The van der Waals surface area contributed by atoms with Gasteiger partial charge in [0, 0.05) is 10.1 Å². The van der Waals surface area contributed by atoms with Gasteiger partial charge in [-0.15, -0.1) is 11.3 Å². The average molecular weight is 192 g/mol. The van der Waals surface area contributed by atoms with E-state index in [-0.39, 0.29) is 11.5 Å². The number of fused-ring (bicyclic) bond motifs is 1. The van der Waals surface area contributed by atoms with Crippen LogP contribution in [0.4, 0.5) is 0 Å². The Morgan fingerprint density at radius 2 is 2.23 bits per heavy atom. The van der Waals surface area contributed by atoms with Crippen LogP contribution in [0, 0.1) is 0 Å². The van der Waals surface area contributed by atoms with Crippen molar-refractivity contribution in [2.45, 2.75) is 6.92 Å². The quantitative estimate of drug-likeness (QED) is 0.705. The van der Waals surface area contributed by atoms with E-state index < -0.39 is 0 Å². The molecule has 0 saturated carbocycles. The zero-order valence-electron chi connectivity index (χ0n) is 7.07. The van der Waals surface area contributed by atoms with Gasteiger partial charge in [0.15, 0.2) is 5.78 Å². The van der Waals surface area contributed by atoms with E-state index >= 15 is 0 Å². The van der Waals surface area contributed by atoms with Crippen LogP contribution >= 0.6 is 11.3 Å². The van der Waals surface area contributed by atoms with E-state index in [1.807, 2.05) is 6.07 Å². The highest BCUT2D eigenvalue weighted by atomic mass is 32.1. The maximum absolute atomic E-state index is 11.1. The topological polar surface area (TPSA) is 37.3 Å². The molecule has 1 heterocycles. The van der Waals surface area contributed by atoms with Gasteiger partial charge >= 0.3 is 0 Å². The molecule has 0 aliphatic carbocycles. The van der Waals surface area contributed by atoms with Gasteiger partial charge in [0.1, 0.15) is 5.75 Å². The number of phenols is 1. The number of phenolic OH excluding ortho intramolecular Hbond substituents is 1. The summed E-state index contributed by atoms with van der Waals surface area (Å²) < 4.78 is 0.949. The standard InChI is InChI=1S/C10H8O2S/c1-6(11)10-5-7-8(12)3-2-4-9(7)13-10/h2-5,12H,1H3. The van der Waals surface area contributed by atoms with Crippen LogP contribution in [-0.4, -0.2) is 10.9 Å². The Kier molecular flexibility index (Phi) is 1.81. The third-order valence-corrected chi connectivity index (χ3v) is 3.09. The summed E-state index contributed by atoms with van der Waals surface area (Å²) >= 11 is 1.41. The lowest BCUT2D eigenvalue weighted by atomic mass is 10.2. The van der Waals surface area contributed by atoms with Crippen molar-refractivity contribution in [3.63, 3.8) is 0 Å². The predicted octanol–water partition coefficient (Wildman–Crippen LogP) is 2.81. The first kappa shape index (κ1) is 8.26. The first-order chi connectivity index (χ1) is 6.18. The highest BCUT2D eigenvalue weighted by molar-refractivity contribution is 7.20. The van der Waals surface area contributed by atoms with Crippen LogP contribution in [0.3, 0.4) is 0 Å². The summed E-state index contributed by atoms with van der Waals surface area (Å²) in [4.78, 5) is 11.7. The van der Waals surface area contributed by atoms with Gasteiger partial charge in [0.25, 0.3) is 0 Å². The van der Waals surface area contributed by atoms with Gasteiger partial charge in [-0.3, -0.25) is 4.79 Å². The maximum atomic E-state index is 11.1. The van der Waals surface area contributed by atoms with E-state index in [9.17, 15) is 9.90 Å². The molecule has 0 amide bonds. The number of Topliss-reactive ketones (excluding diaryl/α,β-unsaturated/α-hetero) is 1. The zero-order chi connectivity index (χ0) is 9.42. The Balaban J connectivity index is 2.75. The molecule has 1 N–H and O–H groups in total. The van der Waals surface area contributed by atoms with Crippen LogP contribution in [0.1, 0.15) is 16.6 Å². The van der Waals surface area contributed by atoms with E-state index in [0.717, 1.165) is 10.1 Å². The fourth-order valence-corrected chi connectivity index (χ4v) is 2.20. The number of carbonyl (C=O) groups is 1. The summed E-state index contributed by atoms with van der Waals surface area (Å²) in [6.07, 6.45) is 0. The van der Waals surface area contributed by atoms with Gasteiger partial charge < -0.3 is 5.11 Å². The normalized spacial score (nSPS) is 10.5. The first-order valence-electron chi connectivity index (χ1n) is 3.91. The zero-order valence-corrected chi connectivity index (χ0v) is 7.89. The number of benzene rings is 1. The van der Waals surface area contributed by atoms with Crippen LogP contribution in [0.15, 0.2) is 24.3 Å². The molecule has 0 bridgehead atoms. The lowest BCUT2D eigenvalue weighted by Crippen LogP contribution is -1.83. The van der Waals surface area contributed by atoms with Crippen LogP contribution in [0.2, 0.25) is 0 Å². The number of aromatic hydroxyl groups is 1. The van der Waals surface area contributed by atoms with E-state index in [0.29, 0.717) is 4.88 Å². The Morgan fingerprint density at radius 1 is 1.46 bits per heavy atom. The van der Waals surface area contributed by atoms with Crippen molar-refractivity contribution in [3.8, 4) is 5.75 Å². The summed E-state index contributed by atoms with van der Waals surface area (Å²) in [5, 5.41) is 10.2. The largest absolute Gasteiger partial charge is 0.507 e. The number of carbonyl (C=O) groups excluding carboxylic acids is 1. The molecule has 0 spiro atoms. The molecule has 0 unspecified atom stereocenters. The summed E-state index contributed by atoms with van der Waals surface area (Å²) in [6.45, 7) is 1.53. The van der Waals surface area contributed by atoms with Crippen molar-refractivity contribution in [1.29, 1.82) is 0 Å². The van der Waals surface area contributed by atoms with Crippen molar-refractivity contribution in [2.75, 3.05) is 0 Å². The summed E-state index contributed by atoms with van der Waals surface area (Å²) in [5.41, 5.74) is 0. The molecule has 1 aromatic heterocycles. The van der Waals surface area contributed by atoms with E-state index in [2.05, 4.69) is 0 Å². The van der Waals surface area contributed by atoms with Crippen molar-refractivity contribution in [2.24, 2.45) is 0 Å². The molecule has 13 heavy (non-hydrogen) atoms. The smallest absolute Gasteiger partial charge is 0.169 e. The van der Waals surface area contributed by atoms with Crippen LogP contribution in [0.25, 0.3) is 10.1 Å². The Bertz CT molecular complexity index is 471. The van der Waals surface area contributed by atoms with Crippen molar-refractivity contribution < 1.29 is 9.90 Å². The van der Waals surface area contributed by atoms with Crippen LogP contribution < -0.4 is 0 Å². The number of hydrogen-bond acceptors (Lipinski definition) is 3. The minimum Gasteiger partial charge on any atom is -0.507 e. The fraction of sp³-hybridized carbons (Fsp3) is 0.100. The number of rotatable bonds is 1. The predicted molar refractivity (Wildman–Crippen MR) is 53.5 cm³/mol. The monoisotopic (exact) mass is 192 g/mol. The Hall–Kier alpha value is -1.35. The van der Waals surface area contributed by atoms with E-state index in [1.165, 1.54) is 18.3 Å². The molecule has 0 atom stereocenters. The van der Waals surface area contributed by atoms with Crippen LogP contribution in [-0.2, 0) is 0 Å². The second-order valence-electron chi connectivity index (χ2n) is 2.86. The second kappa shape index (κ2) is 2.85. The number of hydrogen-bond donors (Lipinski definition) is 1. The third kappa shape index (κ3) is 1.31. The van der Waals surface area contributed by atoms with Crippen molar-refractivity contribution >= 4 is 27.2 Å². The fourth-order valence-electron chi connectivity index (χ4n) is 1.22. The minimum absolute atomic E-state index is 0.0422. The molecule has 1 aromatic carbocycles. The number of ketones is 1. The Labute approximate surface area is 79.4 Å². The van der Waals surface area contributed by atoms with E-state index in [4.69, 9.17) is 0 Å². The molecular formula is C10H8O2S. The van der Waals surface area contributed by atoms with Gasteiger partial charge in [0.05, 0.1) is 4.88 Å². The third-order valence-electron chi connectivity index (χ3n) is 1.89.